The van der Waals surface area contributed by atoms with Crippen molar-refractivity contribution in [1.29, 1.82) is 0 Å². The van der Waals surface area contributed by atoms with Crippen LogP contribution in [0.4, 0.5) is 5.82 Å². The molecule has 0 radical (unpaired) electrons. The highest BCUT2D eigenvalue weighted by Gasteiger charge is 2.11. The van der Waals surface area contributed by atoms with E-state index in [0.717, 1.165) is 27.0 Å². The molecule has 3 rings (SSSR count). The predicted octanol–water partition coefficient (Wildman–Crippen LogP) is 4.50. The molecule has 1 heterocycles. The SMILES string of the molecule is Cc1cccc(-c2cc(N)n(-c3ccc(Br)cc3C)n2)c1. The molecule has 2 N–H and O–H groups in total. The van der Waals surface area contributed by atoms with Gasteiger partial charge in [0.2, 0.25) is 0 Å². The molecule has 0 aliphatic heterocycles. The maximum absolute atomic E-state index is 6.14. The molecule has 0 saturated heterocycles. The van der Waals surface area contributed by atoms with Crippen LogP contribution in [-0.2, 0) is 0 Å². The summed E-state index contributed by atoms with van der Waals surface area (Å²) in [6, 6.07) is 16.2. The van der Waals surface area contributed by atoms with Crippen molar-refractivity contribution in [2.75, 3.05) is 5.73 Å². The van der Waals surface area contributed by atoms with Gasteiger partial charge in [-0.05, 0) is 43.7 Å². The Morgan fingerprint density at radius 1 is 1.05 bits per heavy atom. The molecule has 0 bridgehead atoms. The van der Waals surface area contributed by atoms with Gasteiger partial charge in [0.15, 0.2) is 0 Å². The molecule has 0 fully saturated rings. The third-order valence-electron chi connectivity index (χ3n) is 3.44. The minimum atomic E-state index is 0.636. The van der Waals surface area contributed by atoms with E-state index in [2.05, 4.69) is 46.2 Å². The molecule has 0 unspecified atom stereocenters. The number of nitrogen functional groups attached to an aromatic ring is 1. The number of benzene rings is 2. The van der Waals surface area contributed by atoms with Crippen LogP contribution in [0.15, 0.2) is 53.0 Å². The number of hydrogen-bond acceptors (Lipinski definition) is 2. The van der Waals surface area contributed by atoms with Gasteiger partial charge in [-0.3, -0.25) is 0 Å². The van der Waals surface area contributed by atoms with E-state index in [1.807, 2.05) is 37.3 Å². The van der Waals surface area contributed by atoms with Crippen molar-refractivity contribution in [3.05, 3.63) is 64.1 Å². The normalized spacial score (nSPS) is 10.8. The second-order valence-corrected chi connectivity index (χ2v) is 6.08. The molecule has 3 aromatic rings. The number of nitrogens with zero attached hydrogens (tertiary/aromatic N) is 2. The number of hydrogen-bond donors (Lipinski definition) is 1. The number of nitrogens with two attached hydrogens (primary N) is 1. The standard InChI is InChI=1S/C17H16BrN3/c1-11-4-3-5-13(8-11)15-10-17(19)21(20-15)16-7-6-14(18)9-12(16)2/h3-10H,19H2,1-2H3. The van der Waals surface area contributed by atoms with Crippen LogP contribution in [0, 0.1) is 13.8 Å². The van der Waals surface area contributed by atoms with Crippen molar-refractivity contribution in [2.45, 2.75) is 13.8 Å². The van der Waals surface area contributed by atoms with Crippen molar-refractivity contribution in [1.82, 2.24) is 9.78 Å². The van der Waals surface area contributed by atoms with Gasteiger partial charge in [0.1, 0.15) is 5.82 Å². The molecule has 0 aliphatic rings. The van der Waals surface area contributed by atoms with Gasteiger partial charge in [-0.15, -0.1) is 0 Å². The van der Waals surface area contributed by atoms with E-state index in [4.69, 9.17) is 5.73 Å². The fourth-order valence-electron chi connectivity index (χ4n) is 2.39. The summed E-state index contributed by atoms with van der Waals surface area (Å²) in [5.74, 6) is 0.636. The van der Waals surface area contributed by atoms with Gasteiger partial charge in [-0.1, -0.05) is 39.7 Å². The van der Waals surface area contributed by atoms with Crippen LogP contribution < -0.4 is 5.73 Å². The molecule has 0 spiro atoms. The van der Waals surface area contributed by atoms with Crippen molar-refractivity contribution in [2.24, 2.45) is 0 Å². The first kappa shape index (κ1) is 13.9. The van der Waals surface area contributed by atoms with Crippen LogP contribution in [-0.4, -0.2) is 9.78 Å². The highest BCUT2D eigenvalue weighted by molar-refractivity contribution is 9.10. The fourth-order valence-corrected chi connectivity index (χ4v) is 2.87. The van der Waals surface area contributed by atoms with Gasteiger partial charge in [0.25, 0.3) is 0 Å². The van der Waals surface area contributed by atoms with Crippen molar-refractivity contribution >= 4 is 21.7 Å². The van der Waals surface area contributed by atoms with E-state index in [-0.39, 0.29) is 0 Å². The third-order valence-corrected chi connectivity index (χ3v) is 3.93. The maximum Gasteiger partial charge on any atom is 0.127 e. The molecule has 0 aliphatic carbocycles. The average Bonchev–Trinajstić information content (AvgIpc) is 2.81. The molecular weight excluding hydrogens is 326 g/mol. The second kappa shape index (κ2) is 5.37. The number of aryl methyl sites for hydroxylation is 2. The predicted molar refractivity (Wildman–Crippen MR) is 90.6 cm³/mol. The van der Waals surface area contributed by atoms with E-state index < -0.39 is 0 Å². The van der Waals surface area contributed by atoms with Crippen LogP contribution in [0.25, 0.3) is 16.9 Å². The topological polar surface area (TPSA) is 43.8 Å². The zero-order valence-electron chi connectivity index (χ0n) is 12.0. The molecule has 0 saturated carbocycles. The fraction of sp³-hybridized carbons (Fsp3) is 0.118. The summed E-state index contributed by atoms with van der Waals surface area (Å²) in [6.45, 7) is 4.12. The molecule has 106 valence electrons. The van der Waals surface area contributed by atoms with Gasteiger partial charge >= 0.3 is 0 Å². The number of halogens is 1. The first-order valence-electron chi connectivity index (χ1n) is 6.74. The quantitative estimate of drug-likeness (QED) is 0.745. The van der Waals surface area contributed by atoms with Crippen LogP contribution in [0.1, 0.15) is 11.1 Å². The summed E-state index contributed by atoms with van der Waals surface area (Å²) >= 11 is 3.48. The maximum atomic E-state index is 6.14. The zero-order valence-corrected chi connectivity index (χ0v) is 13.6. The zero-order chi connectivity index (χ0) is 15.0. The van der Waals surface area contributed by atoms with Crippen LogP contribution in [0.5, 0.6) is 0 Å². The molecule has 1 aromatic heterocycles. The lowest BCUT2D eigenvalue weighted by Crippen LogP contribution is -2.03. The molecular formula is C17H16BrN3. The molecule has 2 aromatic carbocycles. The second-order valence-electron chi connectivity index (χ2n) is 5.17. The minimum Gasteiger partial charge on any atom is -0.384 e. The van der Waals surface area contributed by atoms with Gasteiger partial charge < -0.3 is 5.73 Å². The number of aromatic nitrogens is 2. The lowest BCUT2D eigenvalue weighted by Gasteiger charge is -2.08. The highest BCUT2D eigenvalue weighted by Crippen LogP contribution is 2.26. The van der Waals surface area contributed by atoms with Crippen LogP contribution in [0.2, 0.25) is 0 Å². The Morgan fingerprint density at radius 3 is 2.57 bits per heavy atom. The van der Waals surface area contributed by atoms with E-state index in [0.29, 0.717) is 5.82 Å². The first-order valence-corrected chi connectivity index (χ1v) is 7.53. The van der Waals surface area contributed by atoms with Crippen molar-refractivity contribution < 1.29 is 0 Å². The number of anilines is 1. The average molecular weight is 342 g/mol. The Labute approximate surface area is 132 Å². The third kappa shape index (κ3) is 2.72. The Hall–Kier alpha value is -2.07. The van der Waals surface area contributed by atoms with Crippen LogP contribution in [0.3, 0.4) is 0 Å². The van der Waals surface area contributed by atoms with Crippen molar-refractivity contribution in [3.8, 4) is 16.9 Å². The highest BCUT2D eigenvalue weighted by atomic mass is 79.9. The molecule has 3 nitrogen and oxygen atoms in total. The Bertz CT molecular complexity index is 806. The van der Waals surface area contributed by atoms with E-state index >= 15 is 0 Å². The molecule has 0 atom stereocenters. The Morgan fingerprint density at radius 2 is 1.86 bits per heavy atom. The summed E-state index contributed by atoms with van der Waals surface area (Å²) in [5, 5.41) is 4.66. The van der Waals surface area contributed by atoms with Crippen molar-refractivity contribution in [3.63, 3.8) is 0 Å². The Kier molecular flexibility index (Phi) is 3.55. The molecule has 21 heavy (non-hydrogen) atoms. The molecule has 4 heteroatoms. The van der Waals surface area contributed by atoms with Gasteiger partial charge in [0.05, 0.1) is 11.4 Å². The lowest BCUT2D eigenvalue weighted by atomic mass is 10.1. The summed E-state index contributed by atoms with van der Waals surface area (Å²) in [5.41, 5.74) is 11.4. The van der Waals surface area contributed by atoms with E-state index in [9.17, 15) is 0 Å². The van der Waals surface area contributed by atoms with E-state index in [1.165, 1.54) is 5.56 Å². The summed E-state index contributed by atoms with van der Waals surface area (Å²) in [6.07, 6.45) is 0. The lowest BCUT2D eigenvalue weighted by molar-refractivity contribution is 0.886. The Balaban J connectivity index is 2.10. The minimum absolute atomic E-state index is 0.636. The van der Waals surface area contributed by atoms with Gasteiger partial charge in [0, 0.05) is 16.1 Å². The first-order chi connectivity index (χ1) is 10.0. The molecule has 0 amide bonds. The number of rotatable bonds is 2. The summed E-state index contributed by atoms with van der Waals surface area (Å²) in [4.78, 5) is 0. The smallest absolute Gasteiger partial charge is 0.127 e. The summed E-state index contributed by atoms with van der Waals surface area (Å²) in [7, 11) is 0. The summed E-state index contributed by atoms with van der Waals surface area (Å²) < 4.78 is 2.84. The largest absolute Gasteiger partial charge is 0.384 e. The monoisotopic (exact) mass is 341 g/mol. The van der Waals surface area contributed by atoms with Crippen LogP contribution >= 0.6 is 15.9 Å². The van der Waals surface area contributed by atoms with E-state index in [1.54, 1.807) is 4.68 Å². The van der Waals surface area contributed by atoms with Gasteiger partial charge in [-0.2, -0.15) is 5.10 Å². The van der Waals surface area contributed by atoms with Gasteiger partial charge in [-0.25, -0.2) is 4.68 Å².